The van der Waals surface area contributed by atoms with Crippen LogP contribution < -0.4 is 0 Å². The SMILES string of the molecule is CC(CN(C)C(=O)CCc1nc(-c2ccsc2)no1)C(=O)O. The van der Waals surface area contributed by atoms with Gasteiger partial charge in [0.2, 0.25) is 17.6 Å². The Morgan fingerprint density at radius 3 is 2.91 bits per heavy atom. The average molecular weight is 323 g/mol. The number of carbonyl (C=O) groups excluding carboxylic acids is 1. The van der Waals surface area contributed by atoms with Gasteiger partial charge in [0.1, 0.15) is 0 Å². The summed E-state index contributed by atoms with van der Waals surface area (Å²) >= 11 is 1.54. The van der Waals surface area contributed by atoms with Gasteiger partial charge in [-0.2, -0.15) is 16.3 Å². The summed E-state index contributed by atoms with van der Waals surface area (Å²) in [6.45, 7) is 1.75. The number of carboxylic acids is 1. The van der Waals surface area contributed by atoms with Crippen molar-refractivity contribution in [1.29, 1.82) is 0 Å². The first-order valence-electron chi connectivity index (χ1n) is 6.79. The Labute approximate surface area is 131 Å². The summed E-state index contributed by atoms with van der Waals surface area (Å²) in [4.78, 5) is 28.4. The highest BCUT2D eigenvalue weighted by Crippen LogP contribution is 2.19. The predicted octanol–water partition coefficient (Wildman–Crippen LogP) is 1.91. The van der Waals surface area contributed by atoms with Crippen molar-refractivity contribution in [2.75, 3.05) is 13.6 Å². The first-order chi connectivity index (χ1) is 10.5. The van der Waals surface area contributed by atoms with Crippen molar-refractivity contribution in [2.45, 2.75) is 19.8 Å². The van der Waals surface area contributed by atoms with Gasteiger partial charge < -0.3 is 14.5 Å². The minimum Gasteiger partial charge on any atom is -0.481 e. The molecule has 118 valence electrons. The van der Waals surface area contributed by atoms with Crippen LogP contribution >= 0.6 is 11.3 Å². The topological polar surface area (TPSA) is 96.5 Å². The summed E-state index contributed by atoms with van der Waals surface area (Å²) in [5, 5.41) is 16.6. The van der Waals surface area contributed by atoms with E-state index in [1.54, 1.807) is 25.3 Å². The summed E-state index contributed by atoms with van der Waals surface area (Å²) < 4.78 is 5.12. The summed E-state index contributed by atoms with van der Waals surface area (Å²) in [5.41, 5.74) is 0.888. The minimum absolute atomic E-state index is 0.150. The number of carboxylic acid groups (broad SMARTS) is 1. The summed E-state index contributed by atoms with van der Waals surface area (Å²) in [6, 6.07) is 1.89. The van der Waals surface area contributed by atoms with Crippen LogP contribution in [0.15, 0.2) is 21.3 Å². The molecular weight excluding hydrogens is 306 g/mol. The molecular formula is C14H17N3O4S. The highest BCUT2D eigenvalue weighted by atomic mass is 32.1. The number of nitrogens with zero attached hydrogens (tertiary/aromatic N) is 3. The second kappa shape index (κ2) is 7.17. The van der Waals surface area contributed by atoms with Crippen LogP contribution in [-0.4, -0.2) is 45.6 Å². The van der Waals surface area contributed by atoms with Gasteiger partial charge in [0.25, 0.3) is 0 Å². The molecule has 2 heterocycles. The van der Waals surface area contributed by atoms with E-state index in [2.05, 4.69) is 10.1 Å². The third kappa shape index (κ3) is 4.14. The van der Waals surface area contributed by atoms with E-state index in [1.807, 2.05) is 16.8 Å². The van der Waals surface area contributed by atoms with E-state index >= 15 is 0 Å². The van der Waals surface area contributed by atoms with Gasteiger partial charge in [-0.1, -0.05) is 12.1 Å². The van der Waals surface area contributed by atoms with E-state index in [-0.39, 0.29) is 18.9 Å². The highest BCUT2D eigenvalue weighted by molar-refractivity contribution is 7.08. The van der Waals surface area contributed by atoms with Crippen LogP contribution in [0.4, 0.5) is 0 Å². The maximum Gasteiger partial charge on any atom is 0.308 e. The molecule has 0 saturated heterocycles. The molecule has 22 heavy (non-hydrogen) atoms. The van der Waals surface area contributed by atoms with E-state index in [9.17, 15) is 9.59 Å². The largest absolute Gasteiger partial charge is 0.481 e. The van der Waals surface area contributed by atoms with Gasteiger partial charge in [0.15, 0.2) is 0 Å². The maximum absolute atomic E-state index is 12.0. The molecule has 0 aromatic carbocycles. The highest BCUT2D eigenvalue weighted by Gasteiger charge is 2.18. The Kier molecular flexibility index (Phi) is 5.26. The number of aryl methyl sites for hydroxylation is 1. The lowest BCUT2D eigenvalue weighted by molar-refractivity contribution is -0.142. The van der Waals surface area contributed by atoms with E-state index in [0.29, 0.717) is 18.1 Å². The molecule has 2 aromatic heterocycles. The van der Waals surface area contributed by atoms with Gasteiger partial charge in [-0.3, -0.25) is 9.59 Å². The molecule has 0 fully saturated rings. The number of thiophene rings is 1. The van der Waals surface area contributed by atoms with Crippen molar-refractivity contribution >= 4 is 23.2 Å². The predicted molar refractivity (Wildman–Crippen MR) is 80.4 cm³/mol. The maximum atomic E-state index is 12.0. The van der Waals surface area contributed by atoms with Crippen LogP contribution in [0.2, 0.25) is 0 Å². The number of aliphatic carboxylic acids is 1. The number of aromatic nitrogens is 2. The molecule has 1 unspecified atom stereocenters. The smallest absolute Gasteiger partial charge is 0.308 e. The Morgan fingerprint density at radius 1 is 1.50 bits per heavy atom. The molecule has 1 atom stereocenters. The normalized spacial score (nSPS) is 12.1. The number of hydrogen-bond acceptors (Lipinski definition) is 6. The van der Waals surface area contributed by atoms with Crippen molar-refractivity contribution in [1.82, 2.24) is 15.0 Å². The second-order valence-electron chi connectivity index (χ2n) is 5.04. The zero-order chi connectivity index (χ0) is 16.1. The molecule has 1 amide bonds. The quantitative estimate of drug-likeness (QED) is 0.836. The lowest BCUT2D eigenvalue weighted by Gasteiger charge is -2.18. The molecule has 2 aromatic rings. The van der Waals surface area contributed by atoms with E-state index in [0.717, 1.165) is 5.56 Å². The van der Waals surface area contributed by atoms with Gasteiger partial charge in [-0.25, -0.2) is 0 Å². The van der Waals surface area contributed by atoms with Crippen LogP contribution in [0.5, 0.6) is 0 Å². The van der Waals surface area contributed by atoms with Crippen LogP contribution in [0.1, 0.15) is 19.2 Å². The summed E-state index contributed by atoms with van der Waals surface area (Å²) in [6.07, 6.45) is 0.538. The van der Waals surface area contributed by atoms with E-state index < -0.39 is 11.9 Å². The van der Waals surface area contributed by atoms with Crippen molar-refractivity contribution in [2.24, 2.45) is 5.92 Å². The molecule has 8 heteroatoms. The Bertz CT molecular complexity index is 638. The molecule has 7 nitrogen and oxygen atoms in total. The van der Waals surface area contributed by atoms with Gasteiger partial charge in [0.05, 0.1) is 5.92 Å². The first kappa shape index (κ1) is 16.2. The molecule has 2 rings (SSSR count). The van der Waals surface area contributed by atoms with Crippen molar-refractivity contribution in [3.8, 4) is 11.4 Å². The van der Waals surface area contributed by atoms with Crippen molar-refractivity contribution in [3.05, 3.63) is 22.7 Å². The zero-order valence-electron chi connectivity index (χ0n) is 12.4. The third-order valence-corrected chi connectivity index (χ3v) is 3.88. The first-order valence-corrected chi connectivity index (χ1v) is 7.73. The number of rotatable bonds is 7. The van der Waals surface area contributed by atoms with Crippen LogP contribution in [0, 0.1) is 5.92 Å². The van der Waals surface area contributed by atoms with Crippen molar-refractivity contribution < 1.29 is 19.2 Å². The Hall–Kier alpha value is -2.22. The molecule has 0 aliphatic carbocycles. The molecule has 0 bridgehead atoms. The lowest BCUT2D eigenvalue weighted by atomic mass is 10.1. The van der Waals surface area contributed by atoms with Gasteiger partial charge in [-0.15, -0.1) is 0 Å². The fourth-order valence-corrected chi connectivity index (χ4v) is 2.50. The Balaban J connectivity index is 1.85. The average Bonchev–Trinajstić information content (AvgIpc) is 3.15. The fraction of sp³-hybridized carbons (Fsp3) is 0.429. The van der Waals surface area contributed by atoms with Gasteiger partial charge >= 0.3 is 5.97 Å². The molecule has 0 saturated carbocycles. The molecule has 0 aliphatic rings. The van der Waals surface area contributed by atoms with Gasteiger partial charge in [-0.05, 0) is 11.4 Å². The third-order valence-electron chi connectivity index (χ3n) is 3.20. The molecule has 0 spiro atoms. The second-order valence-corrected chi connectivity index (χ2v) is 5.82. The minimum atomic E-state index is -0.919. The standard InChI is InChI=1S/C14H17N3O4S/c1-9(14(19)20)7-17(2)12(18)4-3-11-15-13(16-21-11)10-5-6-22-8-10/h5-6,8-9H,3-4,7H2,1-2H3,(H,19,20). The van der Waals surface area contributed by atoms with Crippen LogP contribution in [0.25, 0.3) is 11.4 Å². The van der Waals surface area contributed by atoms with Gasteiger partial charge in [0, 0.05) is 37.4 Å². The number of carbonyl (C=O) groups is 2. The van der Waals surface area contributed by atoms with Crippen LogP contribution in [-0.2, 0) is 16.0 Å². The summed E-state index contributed by atoms with van der Waals surface area (Å²) in [7, 11) is 1.59. The number of amides is 1. The molecule has 1 N–H and O–H groups in total. The fourth-order valence-electron chi connectivity index (χ4n) is 1.86. The number of hydrogen-bond donors (Lipinski definition) is 1. The molecule has 0 radical (unpaired) electrons. The molecule has 0 aliphatic heterocycles. The summed E-state index contributed by atoms with van der Waals surface area (Å²) in [5.74, 6) is -0.756. The lowest BCUT2D eigenvalue weighted by Crippen LogP contribution is -2.33. The van der Waals surface area contributed by atoms with Crippen LogP contribution in [0.3, 0.4) is 0 Å². The van der Waals surface area contributed by atoms with E-state index in [1.165, 1.54) is 4.90 Å². The Morgan fingerprint density at radius 2 is 2.27 bits per heavy atom. The van der Waals surface area contributed by atoms with Crippen molar-refractivity contribution in [3.63, 3.8) is 0 Å². The van der Waals surface area contributed by atoms with E-state index in [4.69, 9.17) is 9.63 Å². The zero-order valence-corrected chi connectivity index (χ0v) is 13.2. The monoisotopic (exact) mass is 323 g/mol.